The lowest BCUT2D eigenvalue weighted by Gasteiger charge is -2.17. The van der Waals surface area contributed by atoms with E-state index in [1.54, 1.807) is 0 Å². The fourth-order valence-electron chi connectivity index (χ4n) is 3.25. The number of rotatable bonds is 7. The van der Waals surface area contributed by atoms with Crippen LogP contribution >= 0.6 is 11.6 Å². The molecule has 0 aliphatic carbocycles. The molecule has 0 amide bonds. The highest BCUT2D eigenvalue weighted by Crippen LogP contribution is 2.32. The molecule has 0 saturated heterocycles. The van der Waals surface area contributed by atoms with Crippen LogP contribution < -0.4 is 0 Å². The van der Waals surface area contributed by atoms with Gasteiger partial charge in [0.1, 0.15) is 5.69 Å². The van der Waals surface area contributed by atoms with Crippen molar-refractivity contribution < 1.29 is 0 Å². The summed E-state index contributed by atoms with van der Waals surface area (Å²) < 4.78 is 2.22. The van der Waals surface area contributed by atoms with Crippen LogP contribution in [0, 0.1) is 5.92 Å². The zero-order valence-electron chi connectivity index (χ0n) is 18.0. The Labute approximate surface area is 175 Å². The first kappa shape index (κ1) is 22.4. The predicted octanol–water partition coefficient (Wildman–Crippen LogP) is 7.95. The third-order valence-corrected chi connectivity index (χ3v) is 4.74. The van der Waals surface area contributed by atoms with Crippen LogP contribution in [0.3, 0.4) is 0 Å². The number of halogens is 1. The van der Waals surface area contributed by atoms with Crippen molar-refractivity contribution in [1.82, 2.24) is 14.8 Å². The van der Waals surface area contributed by atoms with Gasteiger partial charge < -0.3 is 0 Å². The zero-order chi connectivity index (χ0) is 20.5. The minimum atomic E-state index is 0.445. The molecule has 3 rings (SSSR count). The van der Waals surface area contributed by atoms with Crippen molar-refractivity contribution in [2.45, 2.75) is 72.8 Å². The Morgan fingerprint density at radius 2 is 1.64 bits per heavy atom. The average molecular weight is 400 g/mol. The number of nitrogens with zero attached hydrogens (tertiary/aromatic N) is 3. The van der Waals surface area contributed by atoms with Crippen LogP contribution in [0.4, 0.5) is 0 Å². The fourth-order valence-corrected chi connectivity index (χ4v) is 3.37. The van der Waals surface area contributed by atoms with Crippen molar-refractivity contribution in [2.75, 3.05) is 0 Å². The van der Waals surface area contributed by atoms with E-state index in [2.05, 4.69) is 50.4 Å². The van der Waals surface area contributed by atoms with Crippen molar-refractivity contribution in [1.29, 1.82) is 0 Å². The number of hydrogen-bond acceptors (Lipinski definition) is 2. The third-order valence-electron chi connectivity index (χ3n) is 4.48. The summed E-state index contributed by atoms with van der Waals surface area (Å²) in [6, 6.07) is 10.4. The molecule has 0 fully saturated rings. The lowest BCUT2D eigenvalue weighted by Crippen LogP contribution is -2.10. The molecule has 0 spiro atoms. The van der Waals surface area contributed by atoms with E-state index in [1.807, 2.05) is 36.7 Å². The summed E-state index contributed by atoms with van der Waals surface area (Å²) in [6.45, 7) is 11.0. The molecule has 0 N–H and O–H groups in total. The van der Waals surface area contributed by atoms with Crippen LogP contribution in [0.25, 0.3) is 22.2 Å². The first-order chi connectivity index (χ1) is 13.5. The van der Waals surface area contributed by atoms with Gasteiger partial charge in [0.2, 0.25) is 0 Å². The largest absolute Gasteiger partial charge is 0.264 e. The van der Waals surface area contributed by atoms with Crippen LogP contribution in [-0.4, -0.2) is 14.8 Å². The summed E-state index contributed by atoms with van der Waals surface area (Å²) >= 11 is 6.03. The van der Waals surface area contributed by atoms with Crippen LogP contribution in [0.5, 0.6) is 0 Å². The second kappa shape index (κ2) is 11.2. The van der Waals surface area contributed by atoms with Gasteiger partial charge >= 0.3 is 0 Å². The maximum atomic E-state index is 6.03. The van der Waals surface area contributed by atoms with Gasteiger partial charge in [-0.3, -0.25) is 9.67 Å². The molecule has 28 heavy (non-hydrogen) atoms. The summed E-state index contributed by atoms with van der Waals surface area (Å²) in [4.78, 5) is 4.32. The number of pyridine rings is 1. The molecule has 0 saturated carbocycles. The minimum absolute atomic E-state index is 0.445. The fraction of sp³-hybridized carbons (Fsp3) is 0.500. The molecule has 2 heterocycles. The maximum Gasteiger partial charge on any atom is 0.102 e. The number of benzene rings is 1. The topological polar surface area (TPSA) is 30.7 Å². The SMILES string of the molecule is CC(C)C.CCCCC(CCC)n1nc(-c2ccc(Cl)cc2)c2cnccc21. The monoisotopic (exact) mass is 399 g/mol. The minimum Gasteiger partial charge on any atom is -0.264 e. The molecule has 0 aliphatic rings. The molecular formula is C24H34ClN3. The number of fused-ring (bicyclic) bond motifs is 1. The van der Waals surface area contributed by atoms with Crippen molar-refractivity contribution in [3.8, 4) is 11.3 Å². The second-order valence-electron chi connectivity index (χ2n) is 8.01. The Bertz CT molecular complexity index is 834. The van der Waals surface area contributed by atoms with Gasteiger partial charge in [-0.15, -0.1) is 0 Å². The van der Waals surface area contributed by atoms with Gasteiger partial charge in [-0.25, -0.2) is 0 Å². The van der Waals surface area contributed by atoms with Gasteiger partial charge in [-0.1, -0.05) is 77.6 Å². The van der Waals surface area contributed by atoms with Crippen molar-refractivity contribution in [3.63, 3.8) is 0 Å². The van der Waals surface area contributed by atoms with E-state index < -0.39 is 0 Å². The van der Waals surface area contributed by atoms with E-state index in [1.165, 1.54) is 24.8 Å². The lowest BCUT2D eigenvalue weighted by atomic mass is 10.1. The summed E-state index contributed by atoms with van der Waals surface area (Å²) in [6.07, 6.45) is 9.71. The van der Waals surface area contributed by atoms with Crippen LogP contribution in [-0.2, 0) is 0 Å². The van der Waals surface area contributed by atoms with Crippen molar-refractivity contribution in [2.24, 2.45) is 5.92 Å². The molecule has 1 atom stereocenters. The van der Waals surface area contributed by atoms with E-state index >= 15 is 0 Å². The maximum absolute atomic E-state index is 6.03. The standard InChI is InChI=1S/C20H24ClN3.C4H10/c1-3-5-7-17(6-4-2)24-19-12-13-22-14-18(19)20(23-24)15-8-10-16(21)11-9-15;1-4(2)3/h8-14,17H,3-7H2,1-2H3;4H,1-3H3. The summed E-state index contributed by atoms with van der Waals surface area (Å²) in [7, 11) is 0. The molecule has 152 valence electrons. The van der Waals surface area contributed by atoms with Gasteiger partial charge in [-0.2, -0.15) is 5.10 Å². The van der Waals surface area contributed by atoms with E-state index in [-0.39, 0.29) is 0 Å². The second-order valence-corrected chi connectivity index (χ2v) is 8.45. The lowest BCUT2D eigenvalue weighted by molar-refractivity contribution is 0.395. The Hall–Kier alpha value is -1.87. The molecule has 3 nitrogen and oxygen atoms in total. The van der Waals surface area contributed by atoms with Crippen LogP contribution in [0.2, 0.25) is 5.02 Å². The molecule has 0 aliphatic heterocycles. The molecular weight excluding hydrogens is 366 g/mol. The number of hydrogen-bond donors (Lipinski definition) is 0. The highest BCUT2D eigenvalue weighted by atomic mass is 35.5. The Morgan fingerprint density at radius 3 is 2.25 bits per heavy atom. The van der Waals surface area contributed by atoms with Gasteiger partial charge in [0.05, 0.1) is 11.6 Å². The van der Waals surface area contributed by atoms with E-state index in [4.69, 9.17) is 16.7 Å². The molecule has 1 aromatic carbocycles. The first-order valence-corrected chi connectivity index (χ1v) is 10.9. The van der Waals surface area contributed by atoms with Gasteiger partial charge in [0.15, 0.2) is 0 Å². The molecule has 0 radical (unpaired) electrons. The van der Waals surface area contributed by atoms with E-state index in [0.717, 1.165) is 40.4 Å². The van der Waals surface area contributed by atoms with Gasteiger partial charge in [0.25, 0.3) is 0 Å². The Balaban J connectivity index is 0.000000640. The predicted molar refractivity (Wildman–Crippen MR) is 122 cm³/mol. The average Bonchev–Trinajstić information content (AvgIpc) is 3.05. The normalized spacial score (nSPS) is 12.1. The van der Waals surface area contributed by atoms with Gasteiger partial charge in [-0.05, 0) is 37.0 Å². The van der Waals surface area contributed by atoms with Crippen LogP contribution in [0.1, 0.15) is 72.8 Å². The molecule has 2 aromatic heterocycles. The van der Waals surface area contributed by atoms with Crippen molar-refractivity contribution in [3.05, 3.63) is 47.7 Å². The van der Waals surface area contributed by atoms with Crippen LogP contribution in [0.15, 0.2) is 42.7 Å². The van der Waals surface area contributed by atoms with E-state index in [9.17, 15) is 0 Å². The molecule has 0 bridgehead atoms. The summed E-state index contributed by atoms with van der Waals surface area (Å²) in [5.41, 5.74) is 3.25. The highest BCUT2D eigenvalue weighted by molar-refractivity contribution is 6.30. The smallest absolute Gasteiger partial charge is 0.102 e. The molecule has 3 aromatic rings. The molecule has 1 unspecified atom stereocenters. The number of unbranched alkanes of at least 4 members (excludes halogenated alkanes) is 1. The van der Waals surface area contributed by atoms with Crippen molar-refractivity contribution >= 4 is 22.5 Å². The third kappa shape index (κ3) is 6.07. The quantitative estimate of drug-likeness (QED) is 0.403. The summed E-state index contributed by atoms with van der Waals surface area (Å²) in [5.74, 6) is 0.833. The summed E-state index contributed by atoms with van der Waals surface area (Å²) in [5, 5.41) is 6.85. The zero-order valence-corrected chi connectivity index (χ0v) is 18.7. The van der Waals surface area contributed by atoms with Gasteiger partial charge in [0, 0.05) is 28.4 Å². The number of aromatic nitrogens is 3. The Kier molecular flexibility index (Phi) is 8.98. The highest BCUT2D eigenvalue weighted by Gasteiger charge is 2.18. The Morgan fingerprint density at radius 1 is 0.964 bits per heavy atom. The first-order valence-electron chi connectivity index (χ1n) is 10.6. The molecule has 4 heteroatoms. The van der Waals surface area contributed by atoms with E-state index in [0.29, 0.717) is 6.04 Å².